The van der Waals surface area contributed by atoms with Crippen molar-refractivity contribution in [2.24, 2.45) is 0 Å². The zero-order valence-corrected chi connectivity index (χ0v) is 21.7. The highest BCUT2D eigenvalue weighted by molar-refractivity contribution is 14.1. The molecule has 3 heterocycles. The molecule has 1 saturated heterocycles. The number of pyridine rings is 1. The van der Waals surface area contributed by atoms with Crippen LogP contribution in [-0.4, -0.2) is 52.0 Å². The van der Waals surface area contributed by atoms with Crippen LogP contribution < -0.4 is 5.32 Å². The fourth-order valence-corrected chi connectivity index (χ4v) is 5.17. The van der Waals surface area contributed by atoms with Crippen LogP contribution in [0.2, 0.25) is 10.0 Å². The van der Waals surface area contributed by atoms with Gasteiger partial charge < -0.3 is 15.0 Å². The Kier molecular flexibility index (Phi) is 7.65. The predicted molar refractivity (Wildman–Crippen MR) is 137 cm³/mol. The second kappa shape index (κ2) is 10.5. The summed E-state index contributed by atoms with van der Waals surface area (Å²) in [6, 6.07) is 7.19. The number of fused-ring (bicyclic) bond motifs is 1. The number of carbonyl (C=O) groups excluding carboxylic acids is 2. The lowest BCUT2D eigenvalue weighted by molar-refractivity contribution is 0.0817. The minimum absolute atomic E-state index is 0.153. The number of piperidine rings is 1. The van der Waals surface area contributed by atoms with Gasteiger partial charge in [0.05, 0.1) is 12.8 Å². The number of amides is 2. The first-order valence-electron chi connectivity index (χ1n) is 10.6. The van der Waals surface area contributed by atoms with Gasteiger partial charge >= 0.3 is 6.09 Å². The van der Waals surface area contributed by atoms with E-state index in [2.05, 4.69) is 32.9 Å². The Balaban J connectivity index is 1.62. The van der Waals surface area contributed by atoms with Gasteiger partial charge in [0.1, 0.15) is 11.3 Å². The van der Waals surface area contributed by atoms with Crippen LogP contribution in [0.25, 0.3) is 16.8 Å². The Hall–Kier alpha value is -2.04. The highest BCUT2D eigenvalue weighted by atomic mass is 127. The van der Waals surface area contributed by atoms with Crippen molar-refractivity contribution in [3.8, 4) is 11.1 Å². The maximum atomic E-state index is 13.2. The number of hydrogen-bond acceptors (Lipinski definition) is 4. The number of nitrogens with one attached hydrogen (secondary N) is 1. The normalized spacial score (nSPS) is 16.1. The van der Waals surface area contributed by atoms with E-state index in [0.717, 1.165) is 34.0 Å². The molecule has 1 unspecified atom stereocenters. The number of halogens is 3. The topological polar surface area (TPSA) is 75.9 Å². The quantitative estimate of drug-likeness (QED) is 0.306. The largest absolute Gasteiger partial charge is 0.450 e. The third kappa shape index (κ3) is 5.22. The van der Waals surface area contributed by atoms with Crippen molar-refractivity contribution in [1.82, 2.24) is 19.6 Å². The molecule has 4 rings (SSSR count). The summed E-state index contributed by atoms with van der Waals surface area (Å²) in [6.45, 7) is 3.16. The summed E-state index contributed by atoms with van der Waals surface area (Å²) in [7, 11) is 0. The summed E-state index contributed by atoms with van der Waals surface area (Å²) >= 11 is 14.9. The number of benzene rings is 1. The van der Waals surface area contributed by atoms with E-state index in [1.807, 2.05) is 18.3 Å². The molecule has 1 aliphatic heterocycles. The summed E-state index contributed by atoms with van der Waals surface area (Å²) in [5, 5.41) is 4.16. The SMILES string of the molecule is CCOC(=O)N1CCCC(NC(=O)c2cnc3cc(CI)c(-c4ccc(Cl)cc4Cl)cn23)C1. The smallest absolute Gasteiger partial charge is 0.409 e. The molecule has 10 heteroatoms. The Bertz CT molecular complexity index is 1200. The lowest BCUT2D eigenvalue weighted by Crippen LogP contribution is -2.49. The highest BCUT2D eigenvalue weighted by Gasteiger charge is 2.27. The molecule has 2 amide bonds. The second-order valence-corrected chi connectivity index (χ2v) is 9.41. The number of nitrogens with zero attached hydrogens (tertiary/aromatic N) is 3. The third-order valence-electron chi connectivity index (χ3n) is 5.61. The van der Waals surface area contributed by atoms with Crippen molar-refractivity contribution in [3.05, 3.63) is 58.0 Å². The van der Waals surface area contributed by atoms with Gasteiger partial charge in [0.2, 0.25) is 0 Å². The molecule has 7 nitrogen and oxygen atoms in total. The van der Waals surface area contributed by atoms with E-state index >= 15 is 0 Å². The van der Waals surface area contributed by atoms with Gasteiger partial charge in [0.25, 0.3) is 5.91 Å². The number of carbonyl (C=O) groups is 2. The van der Waals surface area contributed by atoms with E-state index in [4.69, 9.17) is 27.9 Å². The van der Waals surface area contributed by atoms with Gasteiger partial charge in [-0.1, -0.05) is 51.9 Å². The van der Waals surface area contributed by atoms with Crippen molar-refractivity contribution < 1.29 is 14.3 Å². The van der Waals surface area contributed by atoms with E-state index in [9.17, 15) is 9.59 Å². The van der Waals surface area contributed by atoms with Gasteiger partial charge in [0.15, 0.2) is 0 Å². The monoisotopic (exact) mass is 600 g/mol. The molecule has 2 aromatic heterocycles. The van der Waals surface area contributed by atoms with Gasteiger partial charge in [-0.2, -0.15) is 0 Å². The molecule has 0 bridgehead atoms. The molecule has 0 saturated carbocycles. The summed E-state index contributed by atoms with van der Waals surface area (Å²) in [5.74, 6) is -0.242. The summed E-state index contributed by atoms with van der Waals surface area (Å²) in [6.07, 6.45) is 4.72. The van der Waals surface area contributed by atoms with Crippen LogP contribution in [0.1, 0.15) is 35.8 Å². The summed E-state index contributed by atoms with van der Waals surface area (Å²) in [5.41, 5.74) is 3.91. The number of rotatable bonds is 5. The molecule has 33 heavy (non-hydrogen) atoms. The molecule has 0 aliphatic carbocycles. The van der Waals surface area contributed by atoms with E-state index in [0.29, 0.717) is 41.1 Å². The van der Waals surface area contributed by atoms with Crippen LogP contribution in [0.3, 0.4) is 0 Å². The van der Waals surface area contributed by atoms with E-state index in [-0.39, 0.29) is 18.0 Å². The third-order valence-corrected chi connectivity index (χ3v) is 6.98. The minimum Gasteiger partial charge on any atom is -0.450 e. The van der Waals surface area contributed by atoms with Crippen LogP contribution >= 0.6 is 45.8 Å². The van der Waals surface area contributed by atoms with Gasteiger partial charge in [-0.15, -0.1) is 0 Å². The summed E-state index contributed by atoms with van der Waals surface area (Å²) < 4.78 is 7.63. The van der Waals surface area contributed by atoms with Gasteiger partial charge in [0, 0.05) is 50.9 Å². The maximum absolute atomic E-state index is 13.2. The van der Waals surface area contributed by atoms with E-state index < -0.39 is 0 Å². The molecule has 174 valence electrons. The molecule has 3 aromatic rings. The number of imidazole rings is 1. The fourth-order valence-electron chi connectivity index (χ4n) is 4.03. The first-order chi connectivity index (χ1) is 15.9. The van der Waals surface area contributed by atoms with Crippen molar-refractivity contribution >= 4 is 63.4 Å². The lowest BCUT2D eigenvalue weighted by Gasteiger charge is -2.32. The molecule has 1 atom stereocenters. The molecule has 1 aliphatic rings. The number of alkyl halides is 1. The second-order valence-electron chi connectivity index (χ2n) is 7.80. The fraction of sp³-hybridized carbons (Fsp3) is 0.348. The number of aromatic nitrogens is 2. The first kappa shape index (κ1) is 24.1. The molecule has 1 aromatic carbocycles. The molecule has 0 spiro atoms. The molecular weight excluding hydrogens is 578 g/mol. The van der Waals surface area contributed by atoms with Crippen molar-refractivity contribution in [3.63, 3.8) is 0 Å². The van der Waals surface area contributed by atoms with E-state index in [1.54, 1.807) is 34.6 Å². The number of hydrogen-bond donors (Lipinski definition) is 1. The van der Waals surface area contributed by atoms with Crippen LogP contribution in [0, 0.1) is 0 Å². The Morgan fingerprint density at radius 2 is 2.09 bits per heavy atom. The van der Waals surface area contributed by atoms with Crippen molar-refractivity contribution in [1.29, 1.82) is 0 Å². The van der Waals surface area contributed by atoms with Crippen LogP contribution in [0.4, 0.5) is 4.79 Å². The average molecular weight is 601 g/mol. The van der Waals surface area contributed by atoms with Gasteiger partial charge in [-0.3, -0.25) is 9.20 Å². The van der Waals surface area contributed by atoms with Crippen molar-refractivity contribution in [2.75, 3.05) is 19.7 Å². The minimum atomic E-state index is -0.345. The van der Waals surface area contributed by atoms with Gasteiger partial charge in [-0.05, 0) is 43.5 Å². The van der Waals surface area contributed by atoms with Gasteiger partial charge in [-0.25, -0.2) is 9.78 Å². The number of likely N-dealkylation sites (tertiary alicyclic amines) is 1. The zero-order chi connectivity index (χ0) is 23.5. The molecular formula is C23H23Cl2IN4O3. The first-order valence-corrected chi connectivity index (χ1v) is 12.9. The lowest BCUT2D eigenvalue weighted by atomic mass is 10.0. The molecule has 1 fully saturated rings. The average Bonchev–Trinajstić information content (AvgIpc) is 3.21. The maximum Gasteiger partial charge on any atom is 0.409 e. The standard InChI is InChI=1S/C23H23Cl2IN4O3/c1-2-33-23(32)29-7-3-4-16(12-29)28-22(31)20-11-27-21-8-14(10-26)18(13-30(20)21)17-6-5-15(24)9-19(17)25/h5-6,8-9,11,13,16H,2-4,7,10,12H2,1H3,(H,28,31). The van der Waals surface area contributed by atoms with Crippen LogP contribution in [-0.2, 0) is 9.16 Å². The van der Waals surface area contributed by atoms with E-state index in [1.165, 1.54) is 0 Å². The van der Waals surface area contributed by atoms with Crippen LogP contribution in [0.15, 0.2) is 36.7 Å². The zero-order valence-electron chi connectivity index (χ0n) is 18.0. The Morgan fingerprint density at radius 1 is 1.27 bits per heavy atom. The Labute approximate surface area is 215 Å². The molecule has 1 N–H and O–H groups in total. The Morgan fingerprint density at radius 3 is 2.82 bits per heavy atom. The van der Waals surface area contributed by atoms with Crippen molar-refractivity contribution in [2.45, 2.75) is 30.2 Å². The summed E-state index contributed by atoms with van der Waals surface area (Å²) in [4.78, 5) is 31.3. The predicted octanol–water partition coefficient (Wildman–Crippen LogP) is 5.59. The van der Waals surface area contributed by atoms with Crippen LogP contribution in [0.5, 0.6) is 0 Å². The number of ether oxygens (including phenoxy) is 1. The molecule has 0 radical (unpaired) electrons. The highest BCUT2D eigenvalue weighted by Crippen LogP contribution is 2.34.